The van der Waals surface area contributed by atoms with E-state index in [9.17, 15) is 4.79 Å². The lowest BCUT2D eigenvalue weighted by atomic mass is 9.87. The molecule has 0 spiro atoms. The third-order valence-electron chi connectivity index (χ3n) is 6.24. The Morgan fingerprint density at radius 1 is 1.16 bits per heavy atom. The van der Waals surface area contributed by atoms with E-state index in [-0.39, 0.29) is 5.78 Å². The number of Topliss-reactive ketones (excluding diaryl/α,β-unsaturated/α-hetero) is 1. The number of nitrogens with one attached hydrogen (secondary N) is 1. The molecule has 3 aromatic rings. The van der Waals surface area contributed by atoms with Crippen LogP contribution in [0.15, 0.2) is 42.6 Å². The summed E-state index contributed by atoms with van der Waals surface area (Å²) >= 11 is 0. The SMILES string of the molecule is COc1cc(C(C)=O)ccc1OCCCCN1CCC(c2cccc3[nH]ncc23)CC1. The van der Waals surface area contributed by atoms with Crippen molar-refractivity contribution in [2.45, 2.75) is 38.5 Å². The van der Waals surface area contributed by atoms with Crippen molar-refractivity contribution in [3.63, 3.8) is 0 Å². The van der Waals surface area contributed by atoms with E-state index < -0.39 is 0 Å². The van der Waals surface area contributed by atoms with Crippen molar-refractivity contribution < 1.29 is 14.3 Å². The summed E-state index contributed by atoms with van der Waals surface area (Å²) in [5.74, 6) is 1.95. The Morgan fingerprint density at radius 2 is 2.00 bits per heavy atom. The number of H-pyrrole nitrogens is 1. The van der Waals surface area contributed by atoms with Gasteiger partial charge in [0.2, 0.25) is 0 Å². The van der Waals surface area contributed by atoms with Crippen LogP contribution in [-0.2, 0) is 0 Å². The largest absolute Gasteiger partial charge is 0.493 e. The minimum Gasteiger partial charge on any atom is -0.493 e. The molecular weight excluding hydrogens is 390 g/mol. The lowest BCUT2D eigenvalue weighted by Crippen LogP contribution is -2.33. The van der Waals surface area contributed by atoms with Gasteiger partial charge in [0.15, 0.2) is 17.3 Å². The minimum atomic E-state index is 0.0232. The van der Waals surface area contributed by atoms with Gasteiger partial charge in [-0.2, -0.15) is 5.10 Å². The van der Waals surface area contributed by atoms with E-state index in [0.717, 1.165) is 38.0 Å². The number of carbonyl (C=O) groups is 1. The number of fused-ring (bicyclic) bond motifs is 1. The highest BCUT2D eigenvalue weighted by Gasteiger charge is 2.22. The van der Waals surface area contributed by atoms with Gasteiger partial charge in [-0.15, -0.1) is 0 Å². The summed E-state index contributed by atoms with van der Waals surface area (Å²) in [6.07, 6.45) is 6.45. The lowest BCUT2D eigenvalue weighted by molar-refractivity contribution is 0.101. The number of ether oxygens (including phenoxy) is 2. The molecule has 1 N–H and O–H groups in total. The van der Waals surface area contributed by atoms with Gasteiger partial charge in [0, 0.05) is 10.9 Å². The van der Waals surface area contributed by atoms with Crippen molar-refractivity contribution in [2.24, 2.45) is 0 Å². The molecular formula is C25H31N3O3. The molecule has 1 saturated heterocycles. The number of benzene rings is 2. The summed E-state index contributed by atoms with van der Waals surface area (Å²) in [5.41, 5.74) is 3.20. The molecule has 164 valence electrons. The van der Waals surface area contributed by atoms with Gasteiger partial charge < -0.3 is 14.4 Å². The maximum absolute atomic E-state index is 11.5. The van der Waals surface area contributed by atoms with Crippen LogP contribution in [0.25, 0.3) is 10.9 Å². The Morgan fingerprint density at radius 3 is 2.77 bits per heavy atom. The molecule has 2 heterocycles. The van der Waals surface area contributed by atoms with Crippen LogP contribution in [0.2, 0.25) is 0 Å². The number of nitrogens with zero attached hydrogens (tertiary/aromatic N) is 2. The van der Waals surface area contributed by atoms with Gasteiger partial charge in [-0.25, -0.2) is 0 Å². The molecule has 1 aliphatic heterocycles. The number of unbranched alkanes of at least 4 members (excludes halogenated alkanes) is 1. The van der Waals surface area contributed by atoms with Crippen LogP contribution in [0.5, 0.6) is 11.5 Å². The summed E-state index contributed by atoms with van der Waals surface area (Å²) < 4.78 is 11.3. The van der Waals surface area contributed by atoms with Crippen molar-refractivity contribution in [2.75, 3.05) is 33.4 Å². The fourth-order valence-corrected chi connectivity index (χ4v) is 4.44. The van der Waals surface area contributed by atoms with Gasteiger partial charge in [-0.3, -0.25) is 9.89 Å². The molecule has 2 aromatic carbocycles. The second-order valence-electron chi connectivity index (χ2n) is 8.27. The van der Waals surface area contributed by atoms with Gasteiger partial charge in [0.25, 0.3) is 0 Å². The zero-order valence-electron chi connectivity index (χ0n) is 18.4. The first-order valence-corrected chi connectivity index (χ1v) is 11.1. The van der Waals surface area contributed by atoms with Gasteiger partial charge >= 0.3 is 0 Å². The number of aromatic amines is 1. The van der Waals surface area contributed by atoms with E-state index >= 15 is 0 Å². The number of likely N-dealkylation sites (tertiary alicyclic amines) is 1. The predicted octanol–water partition coefficient (Wildman–Crippen LogP) is 4.81. The van der Waals surface area contributed by atoms with Crippen LogP contribution in [0.3, 0.4) is 0 Å². The lowest BCUT2D eigenvalue weighted by Gasteiger charge is -2.32. The maximum Gasteiger partial charge on any atom is 0.161 e. The molecule has 0 amide bonds. The third-order valence-corrected chi connectivity index (χ3v) is 6.24. The zero-order valence-corrected chi connectivity index (χ0v) is 18.4. The molecule has 1 aromatic heterocycles. The quantitative estimate of drug-likeness (QED) is 0.397. The monoisotopic (exact) mass is 421 g/mol. The molecule has 6 nitrogen and oxygen atoms in total. The number of methoxy groups -OCH3 is 1. The summed E-state index contributed by atoms with van der Waals surface area (Å²) in [5, 5.41) is 8.55. The second-order valence-corrected chi connectivity index (χ2v) is 8.27. The molecule has 6 heteroatoms. The van der Waals surface area contributed by atoms with Crippen molar-refractivity contribution in [3.05, 3.63) is 53.7 Å². The Labute approximate surface area is 183 Å². The van der Waals surface area contributed by atoms with E-state index in [1.807, 2.05) is 12.3 Å². The first kappa shape index (κ1) is 21.4. The molecule has 31 heavy (non-hydrogen) atoms. The topological polar surface area (TPSA) is 67.5 Å². The van der Waals surface area contributed by atoms with Crippen molar-refractivity contribution in [1.29, 1.82) is 0 Å². The van der Waals surface area contributed by atoms with E-state index in [1.54, 1.807) is 26.2 Å². The Kier molecular flexibility index (Phi) is 6.87. The summed E-state index contributed by atoms with van der Waals surface area (Å²) in [6.45, 7) is 5.58. The van der Waals surface area contributed by atoms with Crippen LogP contribution in [0.4, 0.5) is 0 Å². The van der Waals surface area contributed by atoms with E-state index in [0.29, 0.717) is 29.6 Å². The standard InChI is InChI=1S/C25H31N3O3/c1-18(29)20-8-9-24(25(16-20)30-2)31-15-4-3-12-28-13-10-19(11-14-28)21-6-5-7-23-22(21)17-26-27-23/h5-9,16-17,19H,3-4,10-15H2,1-2H3,(H,26,27). The van der Waals surface area contributed by atoms with Crippen molar-refractivity contribution >= 4 is 16.7 Å². The van der Waals surface area contributed by atoms with E-state index in [4.69, 9.17) is 9.47 Å². The van der Waals surface area contributed by atoms with Crippen LogP contribution >= 0.6 is 0 Å². The van der Waals surface area contributed by atoms with Gasteiger partial charge in [-0.05, 0) is 88.0 Å². The Bertz CT molecular complexity index is 1020. The molecule has 0 saturated carbocycles. The van der Waals surface area contributed by atoms with Crippen LogP contribution < -0.4 is 9.47 Å². The van der Waals surface area contributed by atoms with Gasteiger partial charge in [-0.1, -0.05) is 12.1 Å². The zero-order chi connectivity index (χ0) is 21.6. The molecule has 0 atom stereocenters. The highest BCUT2D eigenvalue weighted by Crippen LogP contribution is 2.32. The summed E-state index contributed by atoms with van der Waals surface area (Å²) in [6, 6.07) is 11.8. The van der Waals surface area contributed by atoms with Crippen LogP contribution in [0, 0.1) is 0 Å². The number of rotatable bonds is 9. The smallest absolute Gasteiger partial charge is 0.161 e. The van der Waals surface area contributed by atoms with E-state index in [2.05, 4.69) is 33.3 Å². The number of aromatic nitrogens is 2. The minimum absolute atomic E-state index is 0.0232. The molecule has 0 bridgehead atoms. The highest BCUT2D eigenvalue weighted by molar-refractivity contribution is 5.94. The third kappa shape index (κ3) is 5.07. The molecule has 0 aliphatic carbocycles. The molecule has 0 unspecified atom stereocenters. The molecule has 1 aliphatic rings. The van der Waals surface area contributed by atoms with E-state index in [1.165, 1.54) is 23.8 Å². The average molecular weight is 422 g/mol. The number of carbonyl (C=O) groups excluding carboxylic acids is 1. The van der Waals surface area contributed by atoms with Crippen molar-refractivity contribution in [3.8, 4) is 11.5 Å². The summed E-state index contributed by atoms with van der Waals surface area (Å²) in [4.78, 5) is 14.1. The maximum atomic E-state index is 11.5. The predicted molar refractivity (Wildman–Crippen MR) is 122 cm³/mol. The molecule has 4 rings (SSSR count). The fourth-order valence-electron chi connectivity index (χ4n) is 4.44. The normalized spacial score (nSPS) is 15.3. The highest BCUT2D eigenvalue weighted by atomic mass is 16.5. The number of ketones is 1. The Hall–Kier alpha value is -2.86. The van der Waals surface area contributed by atoms with Crippen LogP contribution in [0.1, 0.15) is 54.4 Å². The number of hydrogen-bond acceptors (Lipinski definition) is 5. The van der Waals surface area contributed by atoms with Gasteiger partial charge in [0.05, 0.1) is 25.4 Å². The van der Waals surface area contributed by atoms with Gasteiger partial charge in [0.1, 0.15) is 0 Å². The number of hydrogen-bond donors (Lipinski definition) is 1. The molecule has 1 fully saturated rings. The molecule has 0 radical (unpaired) electrons. The van der Waals surface area contributed by atoms with Crippen molar-refractivity contribution in [1.82, 2.24) is 15.1 Å². The fraction of sp³-hybridized carbons (Fsp3) is 0.440. The first-order chi connectivity index (χ1) is 15.2. The number of piperidine rings is 1. The second kappa shape index (κ2) is 9.96. The first-order valence-electron chi connectivity index (χ1n) is 11.1. The summed E-state index contributed by atoms with van der Waals surface area (Å²) in [7, 11) is 1.60. The Balaban J connectivity index is 1.19. The average Bonchev–Trinajstić information content (AvgIpc) is 3.28. The van der Waals surface area contributed by atoms with Crippen LogP contribution in [-0.4, -0.2) is 54.2 Å².